The number of rotatable bonds is 4. The number of esters is 1. The van der Waals surface area contributed by atoms with Gasteiger partial charge in [0.25, 0.3) is 0 Å². The minimum atomic E-state index is -0.847. The highest BCUT2D eigenvalue weighted by Crippen LogP contribution is 2.45. The Morgan fingerprint density at radius 3 is 2.71 bits per heavy atom. The first-order valence-electron chi connectivity index (χ1n) is 9.20. The van der Waals surface area contributed by atoms with Gasteiger partial charge in [-0.2, -0.15) is 0 Å². The van der Waals surface area contributed by atoms with Crippen molar-refractivity contribution in [2.24, 2.45) is 0 Å². The molecular formula is C21H22N2O5. The third kappa shape index (κ3) is 2.93. The van der Waals surface area contributed by atoms with Gasteiger partial charge in [0.2, 0.25) is 0 Å². The largest absolute Gasteiger partial charge is 0.494 e. The predicted molar refractivity (Wildman–Crippen MR) is 103 cm³/mol. The Kier molecular flexibility index (Phi) is 4.37. The predicted octanol–water partition coefficient (Wildman–Crippen LogP) is 3.64. The Bertz CT molecular complexity index is 927. The molecule has 1 saturated heterocycles. The van der Waals surface area contributed by atoms with E-state index in [1.54, 1.807) is 23.1 Å². The van der Waals surface area contributed by atoms with Gasteiger partial charge in [0.15, 0.2) is 5.72 Å². The van der Waals surface area contributed by atoms with E-state index in [4.69, 9.17) is 14.2 Å². The first-order valence-corrected chi connectivity index (χ1v) is 9.20. The molecule has 0 aliphatic carbocycles. The first-order chi connectivity index (χ1) is 13.4. The molecule has 0 saturated carbocycles. The number of fused-ring (bicyclic) bond motifs is 4. The van der Waals surface area contributed by atoms with Gasteiger partial charge in [-0.1, -0.05) is 0 Å². The standard InChI is InChI=1S/C21H22N2O5/c1-4-27-15-8-6-14(7-9-15)23-20(25)22-17-12-21(23,2)28-18-10-5-13(11-16(17)18)19(24)26-3/h5-11,17H,4,12H2,1-3H3,(H,22,25)/t17-,21-/m0/s1. The number of carbonyl (C=O) groups excluding carboxylic acids is 2. The fourth-order valence-corrected chi connectivity index (χ4v) is 3.87. The lowest BCUT2D eigenvalue weighted by atomic mass is 9.89. The van der Waals surface area contributed by atoms with Crippen LogP contribution in [0.3, 0.4) is 0 Å². The third-order valence-electron chi connectivity index (χ3n) is 5.10. The molecule has 0 spiro atoms. The van der Waals surface area contributed by atoms with E-state index in [-0.39, 0.29) is 12.1 Å². The van der Waals surface area contributed by atoms with E-state index in [0.29, 0.717) is 24.3 Å². The summed E-state index contributed by atoms with van der Waals surface area (Å²) < 4.78 is 16.5. The summed E-state index contributed by atoms with van der Waals surface area (Å²) in [6.45, 7) is 4.40. The molecule has 1 fully saturated rings. The second-order valence-corrected chi connectivity index (χ2v) is 6.99. The molecular weight excluding hydrogens is 360 g/mol. The number of benzene rings is 2. The molecule has 7 nitrogen and oxygen atoms in total. The summed E-state index contributed by atoms with van der Waals surface area (Å²) in [5.74, 6) is 0.966. The van der Waals surface area contributed by atoms with E-state index in [2.05, 4.69) is 5.32 Å². The summed E-state index contributed by atoms with van der Waals surface area (Å²) in [5, 5.41) is 3.03. The van der Waals surface area contributed by atoms with Crippen LogP contribution in [0.1, 0.15) is 42.2 Å². The van der Waals surface area contributed by atoms with Crippen molar-refractivity contribution in [1.82, 2.24) is 5.32 Å². The highest BCUT2D eigenvalue weighted by atomic mass is 16.5. The average Bonchev–Trinajstić information content (AvgIpc) is 2.68. The minimum Gasteiger partial charge on any atom is -0.494 e. The Labute approximate surface area is 163 Å². The molecule has 28 heavy (non-hydrogen) atoms. The van der Waals surface area contributed by atoms with Crippen LogP contribution < -0.4 is 19.7 Å². The molecule has 2 aromatic carbocycles. The van der Waals surface area contributed by atoms with Crippen LogP contribution in [0.2, 0.25) is 0 Å². The van der Waals surface area contributed by atoms with Crippen LogP contribution >= 0.6 is 0 Å². The summed E-state index contributed by atoms with van der Waals surface area (Å²) in [6.07, 6.45) is 0.545. The van der Waals surface area contributed by atoms with Gasteiger partial charge in [-0.05, 0) is 56.3 Å². The molecule has 2 aliphatic rings. The number of methoxy groups -OCH3 is 1. The molecule has 2 atom stereocenters. The van der Waals surface area contributed by atoms with E-state index < -0.39 is 11.7 Å². The molecule has 4 rings (SSSR count). The molecule has 0 unspecified atom stereocenters. The monoisotopic (exact) mass is 382 g/mol. The van der Waals surface area contributed by atoms with Crippen LogP contribution in [0.4, 0.5) is 10.5 Å². The summed E-state index contributed by atoms with van der Waals surface area (Å²) in [7, 11) is 1.34. The van der Waals surface area contributed by atoms with Gasteiger partial charge in [0.05, 0.1) is 25.3 Å². The zero-order chi connectivity index (χ0) is 19.9. The van der Waals surface area contributed by atoms with Crippen LogP contribution in [0.5, 0.6) is 11.5 Å². The number of carbonyl (C=O) groups is 2. The second kappa shape index (κ2) is 6.74. The van der Waals surface area contributed by atoms with Crippen LogP contribution in [0.25, 0.3) is 0 Å². The van der Waals surface area contributed by atoms with Crippen LogP contribution in [-0.4, -0.2) is 31.4 Å². The van der Waals surface area contributed by atoms with Crippen LogP contribution in [-0.2, 0) is 4.74 Å². The lowest BCUT2D eigenvalue weighted by Crippen LogP contribution is -2.65. The summed E-state index contributed by atoms with van der Waals surface area (Å²) in [6, 6.07) is 12.0. The van der Waals surface area contributed by atoms with Crippen molar-refractivity contribution in [2.45, 2.75) is 32.0 Å². The number of urea groups is 1. The number of hydrogen-bond donors (Lipinski definition) is 1. The van der Waals surface area contributed by atoms with Gasteiger partial charge in [0, 0.05) is 17.7 Å². The van der Waals surface area contributed by atoms with Crippen LogP contribution in [0, 0.1) is 0 Å². The first kappa shape index (κ1) is 18.2. The quantitative estimate of drug-likeness (QED) is 0.817. The Morgan fingerprint density at radius 1 is 1.29 bits per heavy atom. The molecule has 2 aliphatic heterocycles. The topological polar surface area (TPSA) is 77.1 Å². The highest BCUT2D eigenvalue weighted by molar-refractivity contribution is 5.95. The van der Waals surface area contributed by atoms with Crippen molar-refractivity contribution in [3.05, 3.63) is 53.6 Å². The highest BCUT2D eigenvalue weighted by Gasteiger charge is 2.50. The molecule has 2 bridgehead atoms. The van der Waals surface area contributed by atoms with Crippen molar-refractivity contribution in [1.29, 1.82) is 0 Å². The Balaban J connectivity index is 1.68. The van der Waals surface area contributed by atoms with Crippen molar-refractivity contribution in [3.8, 4) is 11.5 Å². The Morgan fingerprint density at radius 2 is 2.04 bits per heavy atom. The van der Waals surface area contributed by atoms with E-state index >= 15 is 0 Å². The molecule has 1 N–H and O–H groups in total. The van der Waals surface area contributed by atoms with Crippen LogP contribution in [0.15, 0.2) is 42.5 Å². The summed E-state index contributed by atoms with van der Waals surface area (Å²) in [5.41, 5.74) is 1.08. The lowest BCUT2D eigenvalue weighted by molar-refractivity contribution is 0.0377. The fourth-order valence-electron chi connectivity index (χ4n) is 3.87. The summed E-state index contributed by atoms with van der Waals surface area (Å²) in [4.78, 5) is 26.4. The number of hydrogen-bond acceptors (Lipinski definition) is 5. The summed E-state index contributed by atoms with van der Waals surface area (Å²) >= 11 is 0. The molecule has 0 aromatic heterocycles. The average molecular weight is 382 g/mol. The van der Waals surface area contributed by atoms with E-state index in [1.165, 1.54) is 7.11 Å². The van der Waals surface area contributed by atoms with E-state index in [1.807, 2.05) is 38.1 Å². The van der Waals surface area contributed by atoms with Gasteiger partial charge in [0.1, 0.15) is 11.5 Å². The lowest BCUT2D eigenvalue weighted by Gasteiger charge is -2.50. The third-order valence-corrected chi connectivity index (χ3v) is 5.10. The number of nitrogens with zero attached hydrogens (tertiary/aromatic N) is 1. The molecule has 2 heterocycles. The maximum absolute atomic E-state index is 12.9. The number of ether oxygens (including phenoxy) is 3. The number of amides is 2. The molecule has 7 heteroatoms. The van der Waals surface area contributed by atoms with Gasteiger partial charge in [-0.15, -0.1) is 0 Å². The zero-order valence-corrected chi connectivity index (χ0v) is 16.0. The SMILES string of the molecule is CCOc1ccc(N2C(=O)N[C@H]3C[C@]2(C)Oc2ccc(C(=O)OC)cc23)cc1. The van der Waals surface area contributed by atoms with Gasteiger partial charge in [-0.25, -0.2) is 9.59 Å². The number of anilines is 1. The fraction of sp³-hybridized carbons (Fsp3) is 0.333. The van der Waals surface area contributed by atoms with Gasteiger partial charge >= 0.3 is 12.0 Å². The van der Waals surface area contributed by atoms with E-state index in [9.17, 15) is 9.59 Å². The molecule has 0 radical (unpaired) electrons. The van der Waals surface area contributed by atoms with Crippen molar-refractivity contribution in [2.75, 3.05) is 18.6 Å². The van der Waals surface area contributed by atoms with Gasteiger partial charge in [-0.3, -0.25) is 4.90 Å². The minimum absolute atomic E-state index is 0.246. The maximum atomic E-state index is 12.9. The normalized spacial score (nSPS) is 22.6. The molecule has 2 aromatic rings. The van der Waals surface area contributed by atoms with Crippen molar-refractivity contribution < 1.29 is 23.8 Å². The Hall–Kier alpha value is -3.22. The van der Waals surface area contributed by atoms with E-state index in [0.717, 1.165) is 17.0 Å². The van der Waals surface area contributed by atoms with Crippen molar-refractivity contribution in [3.63, 3.8) is 0 Å². The zero-order valence-electron chi connectivity index (χ0n) is 16.0. The van der Waals surface area contributed by atoms with Crippen molar-refractivity contribution >= 4 is 17.7 Å². The van der Waals surface area contributed by atoms with Gasteiger partial charge < -0.3 is 19.5 Å². The molecule has 146 valence electrons. The maximum Gasteiger partial charge on any atom is 0.337 e. The second-order valence-electron chi connectivity index (χ2n) is 6.99. The number of nitrogens with one attached hydrogen (secondary N) is 1. The molecule has 2 amide bonds. The smallest absolute Gasteiger partial charge is 0.337 e.